The highest BCUT2D eigenvalue weighted by atomic mass is 16.5. The van der Waals surface area contributed by atoms with Gasteiger partial charge in [-0.15, -0.1) is 10.2 Å². The van der Waals surface area contributed by atoms with E-state index in [0.29, 0.717) is 12.6 Å². The summed E-state index contributed by atoms with van der Waals surface area (Å²) in [7, 11) is 2.00. The molecule has 4 rings (SSSR count). The molecule has 30 heavy (non-hydrogen) atoms. The van der Waals surface area contributed by atoms with Crippen molar-refractivity contribution in [2.75, 3.05) is 13.2 Å². The van der Waals surface area contributed by atoms with Crippen molar-refractivity contribution in [1.82, 2.24) is 25.0 Å². The van der Waals surface area contributed by atoms with Crippen LogP contribution in [-0.2, 0) is 26.6 Å². The van der Waals surface area contributed by atoms with Gasteiger partial charge < -0.3 is 19.5 Å². The van der Waals surface area contributed by atoms with Crippen LogP contribution >= 0.6 is 0 Å². The molecule has 7 nitrogen and oxygen atoms in total. The molecule has 1 aromatic carbocycles. The number of ether oxygens (including phenoxy) is 1. The molecule has 7 heteroatoms. The van der Waals surface area contributed by atoms with E-state index in [1.807, 2.05) is 18.5 Å². The van der Waals surface area contributed by atoms with E-state index in [2.05, 4.69) is 45.5 Å². The number of nitrogens with zero attached hydrogens (tertiary/aromatic N) is 5. The van der Waals surface area contributed by atoms with Crippen LogP contribution < -0.4 is 10.1 Å². The number of benzene rings is 1. The maximum absolute atomic E-state index is 5.82. The van der Waals surface area contributed by atoms with Gasteiger partial charge in [0.2, 0.25) is 0 Å². The van der Waals surface area contributed by atoms with E-state index in [1.165, 1.54) is 36.8 Å². The van der Waals surface area contributed by atoms with E-state index in [1.54, 1.807) is 0 Å². The highest BCUT2D eigenvalue weighted by Crippen LogP contribution is 2.25. The quantitative estimate of drug-likeness (QED) is 0.584. The summed E-state index contributed by atoms with van der Waals surface area (Å²) in [6.07, 6.45) is 7.10. The minimum atomic E-state index is 0.524. The fourth-order valence-corrected chi connectivity index (χ4v) is 4.24. The molecule has 0 radical (unpaired) electrons. The summed E-state index contributed by atoms with van der Waals surface area (Å²) in [5.74, 6) is 3.80. The molecular weight excluding hydrogens is 376 g/mol. The van der Waals surface area contributed by atoms with Crippen molar-refractivity contribution in [2.45, 2.75) is 71.5 Å². The summed E-state index contributed by atoms with van der Waals surface area (Å²) in [5.41, 5.74) is 2.75. The highest BCUT2D eigenvalue weighted by molar-refractivity contribution is 5.80. The zero-order valence-corrected chi connectivity index (χ0v) is 18.5. The molecule has 1 aliphatic carbocycles. The third-order valence-electron chi connectivity index (χ3n) is 6.20. The minimum absolute atomic E-state index is 0.524. The molecule has 1 aliphatic heterocycles. The predicted octanol–water partition coefficient (Wildman–Crippen LogP) is 3.36. The largest absolute Gasteiger partial charge is 0.494 e. The van der Waals surface area contributed by atoms with Gasteiger partial charge in [-0.25, -0.2) is 4.99 Å². The van der Waals surface area contributed by atoms with Gasteiger partial charge in [-0.2, -0.15) is 0 Å². The molecule has 0 bridgehead atoms. The molecule has 1 saturated carbocycles. The average molecular weight is 411 g/mol. The molecular formula is C23H34N6O. The highest BCUT2D eigenvalue weighted by Gasteiger charge is 2.23. The standard InChI is InChI=1S/C23H34N6O/c1-4-13-30-21-10-9-19-16-29(12-11-18(19)14-21)23(25-20-7-5-6-8-20)24-15-22-27-26-17(2)28(22)3/h9-10,14,20H,4-8,11-13,15-16H2,1-3H3,(H,24,25). The number of hydrogen-bond donors (Lipinski definition) is 1. The van der Waals surface area contributed by atoms with Crippen LogP contribution in [0.15, 0.2) is 23.2 Å². The van der Waals surface area contributed by atoms with E-state index in [-0.39, 0.29) is 0 Å². The minimum Gasteiger partial charge on any atom is -0.494 e. The zero-order chi connectivity index (χ0) is 20.9. The van der Waals surface area contributed by atoms with Crippen LogP contribution in [0.2, 0.25) is 0 Å². The van der Waals surface area contributed by atoms with Gasteiger partial charge in [0.15, 0.2) is 11.8 Å². The molecule has 1 aromatic heterocycles. The fraction of sp³-hybridized carbons (Fsp3) is 0.609. The molecule has 0 saturated heterocycles. The summed E-state index contributed by atoms with van der Waals surface area (Å²) in [6.45, 7) is 7.25. The first kappa shape index (κ1) is 20.7. The number of fused-ring (bicyclic) bond motifs is 1. The molecule has 0 unspecified atom stereocenters. The summed E-state index contributed by atoms with van der Waals surface area (Å²) in [4.78, 5) is 7.36. The van der Waals surface area contributed by atoms with E-state index in [0.717, 1.165) is 55.9 Å². The molecule has 0 amide bonds. The lowest BCUT2D eigenvalue weighted by Crippen LogP contribution is -2.47. The number of nitrogens with one attached hydrogen (secondary N) is 1. The smallest absolute Gasteiger partial charge is 0.194 e. The Bertz CT molecular complexity index is 884. The predicted molar refractivity (Wildman–Crippen MR) is 119 cm³/mol. The normalized spacial score (nSPS) is 17.3. The zero-order valence-electron chi connectivity index (χ0n) is 18.5. The van der Waals surface area contributed by atoms with Crippen molar-refractivity contribution >= 4 is 5.96 Å². The number of aryl methyl sites for hydroxylation is 1. The monoisotopic (exact) mass is 410 g/mol. The molecule has 0 spiro atoms. The molecule has 0 atom stereocenters. The molecule has 1 N–H and O–H groups in total. The Kier molecular flexibility index (Phi) is 6.55. The third-order valence-corrected chi connectivity index (χ3v) is 6.20. The Morgan fingerprint density at radius 3 is 2.80 bits per heavy atom. The van der Waals surface area contributed by atoms with Gasteiger partial charge in [-0.3, -0.25) is 0 Å². The molecule has 2 heterocycles. The van der Waals surface area contributed by atoms with E-state index in [9.17, 15) is 0 Å². The van der Waals surface area contributed by atoms with Crippen LogP contribution in [0, 0.1) is 6.92 Å². The lowest BCUT2D eigenvalue weighted by atomic mass is 9.99. The Labute approximate surface area is 179 Å². The maximum atomic E-state index is 5.82. The first-order chi connectivity index (χ1) is 14.6. The lowest BCUT2D eigenvalue weighted by Gasteiger charge is -2.33. The van der Waals surface area contributed by atoms with E-state index < -0.39 is 0 Å². The summed E-state index contributed by atoms with van der Waals surface area (Å²) in [5, 5.41) is 12.2. The van der Waals surface area contributed by atoms with Crippen molar-refractivity contribution in [3.05, 3.63) is 41.0 Å². The van der Waals surface area contributed by atoms with E-state index in [4.69, 9.17) is 9.73 Å². The lowest BCUT2D eigenvalue weighted by molar-refractivity contribution is 0.315. The van der Waals surface area contributed by atoms with Gasteiger partial charge in [-0.1, -0.05) is 25.8 Å². The molecule has 1 fully saturated rings. The van der Waals surface area contributed by atoms with Crippen molar-refractivity contribution in [3.8, 4) is 5.75 Å². The first-order valence-electron chi connectivity index (χ1n) is 11.3. The van der Waals surface area contributed by atoms with Crippen molar-refractivity contribution in [3.63, 3.8) is 0 Å². The Morgan fingerprint density at radius 2 is 2.07 bits per heavy atom. The molecule has 2 aliphatic rings. The second-order valence-electron chi connectivity index (χ2n) is 8.44. The van der Waals surface area contributed by atoms with Gasteiger partial charge in [0.25, 0.3) is 0 Å². The van der Waals surface area contributed by atoms with Gasteiger partial charge in [0, 0.05) is 26.2 Å². The Balaban J connectivity index is 1.50. The van der Waals surface area contributed by atoms with Gasteiger partial charge >= 0.3 is 0 Å². The van der Waals surface area contributed by atoms with Crippen molar-refractivity contribution in [1.29, 1.82) is 0 Å². The third kappa shape index (κ3) is 4.77. The number of guanidine groups is 1. The van der Waals surface area contributed by atoms with Crippen LogP contribution in [0.4, 0.5) is 0 Å². The number of aliphatic imine (C=N–C) groups is 1. The number of rotatable bonds is 6. The second-order valence-corrected chi connectivity index (χ2v) is 8.44. The maximum Gasteiger partial charge on any atom is 0.194 e. The first-order valence-corrected chi connectivity index (χ1v) is 11.3. The van der Waals surface area contributed by atoms with E-state index >= 15 is 0 Å². The SMILES string of the molecule is CCCOc1ccc2c(c1)CCN(C(=NCc1nnc(C)n1C)NC1CCCC1)C2. The van der Waals surface area contributed by atoms with Crippen molar-refractivity contribution < 1.29 is 4.74 Å². The summed E-state index contributed by atoms with van der Waals surface area (Å²) >= 11 is 0. The molecule has 2 aromatic rings. The Morgan fingerprint density at radius 1 is 1.23 bits per heavy atom. The summed E-state index contributed by atoms with van der Waals surface area (Å²) < 4.78 is 7.83. The topological polar surface area (TPSA) is 67.6 Å². The number of hydrogen-bond acceptors (Lipinski definition) is 4. The van der Waals surface area contributed by atoms with Gasteiger partial charge in [0.05, 0.1) is 6.61 Å². The molecule has 162 valence electrons. The fourth-order valence-electron chi connectivity index (χ4n) is 4.24. The number of aromatic nitrogens is 3. The van der Waals surface area contributed by atoms with Crippen LogP contribution in [0.1, 0.15) is 61.8 Å². The van der Waals surface area contributed by atoms with Crippen LogP contribution in [0.3, 0.4) is 0 Å². The van der Waals surface area contributed by atoms with Crippen LogP contribution in [0.25, 0.3) is 0 Å². The Hall–Kier alpha value is -2.57. The van der Waals surface area contributed by atoms with Gasteiger partial charge in [0.1, 0.15) is 18.1 Å². The second kappa shape index (κ2) is 9.49. The van der Waals surface area contributed by atoms with Crippen LogP contribution in [-0.4, -0.2) is 44.8 Å². The average Bonchev–Trinajstić information content (AvgIpc) is 3.39. The van der Waals surface area contributed by atoms with Crippen molar-refractivity contribution in [2.24, 2.45) is 12.0 Å². The van der Waals surface area contributed by atoms with Gasteiger partial charge in [-0.05, 0) is 55.9 Å². The van der Waals surface area contributed by atoms with Crippen LogP contribution in [0.5, 0.6) is 5.75 Å². The summed E-state index contributed by atoms with van der Waals surface area (Å²) in [6, 6.07) is 7.05.